The maximum absolute atomic E-state index is 12.8. The molecule has 0 saturated carbocycles. The highest BCUT2D eigenvalue weighted by Crippen LogP contribution is 2.20. The van der Waals surface area contributed by atoms with Crippen LogP contribution in [0, 0.1) is 10.1 Å². The monoisotopic (exact) mass is 391 g/mol. The zero-order valence-corrected chi connectivity index (χ0v) is 15.1. The van der Waals surface area contributed by atoms with Crippen molar-refractivity contribution < 1.29 is 14.5 Å². The number of non-ortho nitro benzene ring substituents is 1. The Labute approximate surface area is 162 Å². The van der Waals surface area contributed by atoms with Crippen LogP contribution in [0.25, 0.3) is 22.7 Å². The van der Waals surface area contributed by atoms with Crippen LogP contribution >= 0.6 is 0 Å². The van der Waals surface area contributed by atoms with Crippen molar-refractivity contribution >= 4 is 17.4 Å². The number of ether oxygens (including phenoxy) is 1. The summed E-state index contributed by atoms with van der Waals surface area (Å²) in [6, 6.07) is 15.9. The highest BCUT2D eigenvalue weighted by atomic mass is 16.6. The summed E-state index contributed by atoms with van der Waals surface area (Å²) in [6.45, 7) is 0. The minimum absolute atomic E-state index is 0.0746. The van der Waals surface area contributed by atoms with Gasteiger partial charge in [-0.15, -0.1) is 5.10 Å². The van der Waals surface area contributed by atoms with Crippen molar-refractivity contribution in [2.75, 3.05) is 7.11 Å². The number of fused-ring (bicyclic) bond motifs is 1. The third-order valence-corrected chi connectivity index (χ3v) is 4.24. The molecular formula is C19H13N5O5. The van der Waals surface area contributed by atoms with Crippen LogP contribution in [0.15, 0.2) is 65.5 Å². The number of methoxy groups -OCH3 is 1. The van der Waals surface area contributed by atoms with Gasteiger partial charge in [-0.1, -0.05) is 30.3 Å². The maximum atomic E-state index is 12.8. The number of nitro groups is 1. The number of esters is 1. The number of hydrogen-bond donors (Lipinski definition) is 0. The summed E-state index contributed by atoms with van der Waals surface area (Å²) in [7, 11) is 1.18. The Kier molecular flexibility index (Phi) is 4.36. The summed E-state index contributed by atoms with van der Waals surface area (Å²) in [5.41, 5.74) is 0.884. The molecule has 0 bridgehead atoms. The zero-order chi connectivity index (χ0) is 20.5. The second kappa shape index (κ2) is 7.00. The standard InChI is InChI=1S/C19H13N5O5/c1-29-18(26)17-21-23(13-7-9-14(10-8-13)24(27)28)19-20-15(11-16(25)22(17)19)12-5-3-2-4-6-12/h2-11H,1H3. The van der Waals surface area contributed by atoms with Gasteiger partial charge in [0, 0.05) is 23.8 Å². The highest BCUT2D eigenvalue weighted by Gasteiger charge is 2.22. The molecule has 4 aromatic rings. The Hall–Kier alpha value is -4.34. The predicted molar refractivity (Wildman–Crippen MR) is 102 cm³/mol. The van der Waals surface area contributed by atoms with Crippen LogP contribution in [-0.2, 0) is 4.74 Å². The molecule has 2 aromatic carbocycles. The third-order valence-electron chi connectivity index (χ3n) is 4.24. The Morgan fingerprint density at radius 1 is 1.10 bits per heavy atom. The van der Waals surface area contributed by atoms with Crippen LogP contribution in [0.3, 0.4) is 0 Å². The van der Waals surface area contributed by atoms with Crippen molar-refractivity contribution in [2.45, 2.75) is 0 Å². The lowest BCUT2D eigenvalue weighted by molar-refractivity contribution is -0.384. The lowest BCUT2D eigenvalue weighted by atomic mass is 10.1. The van der Waals surface area contributed by atoms with Gasteiger partial charge < -0.3 is 4.74 Å². The molecule has 144 valence electrons. The first-order valence-corrected chi connectivity index (χ1v) is 8.41. The van der Waals surface area contributed by atoms with Gasteiger partial charge in [-0.2, -0.15) is 4.68 Å². The first-order valence-electron chi connectivity index (χ1n) is 8.41. The molecular weight excluding hydrogens is 378 g/mol. The van der Waals surface area contributed by atoms with Crippen molar-refractivity contribution in [3.8, 4) is 16.9 Å². The van der Waals surface area contributed by atoms with Gasteiger partial charge in [-0.05, 0) is 12.1 Å². The normalized spacial score (nSPS) is 10.8. The molecule has 29 heavy (non-hydrogen) atoms. The molecule has 0 saturated heterocycles. The van der Waals surface area contributed by atoms with Gasteiger partial charge in [0.15, 0.2) is 0 Å². The average Bonchev–Trinajstić information content (AvgIpc) is 3.14. The van der Waals surface area contributed by atoms with Gasteiger partial charge in [0.1, 0.15) is 0 Å². The smallest absolute Gasteiger partial charge is 0.376 e. The maximum Gasteiger partial charge on any atom is 0.376 e. The number of nitrogens with zero attached hydrogens (tertiary/aromatic N) is 5. The molecule has 2 aromatic heterocycles. The molecule has 2 heterocycles. The summed E-state index contributed by atoms with van der Waals surface area (Å²) in [5.74, 6) is -0.990. The second-order valence-corrected chi connectivity index (χ2v) is 5.98. The molecule has 0 aliphatic heterocycles. The largest absolute Gasteiger partial charge is 0.463 e. The predicted octanol–water partition coefficient (Wildman–Crippen LogP) is 2.24. The number of nitro benzene ring substituents is 1. The minimum Gasteiger partial charge on any atom is -0.463 e. The molecule has 10 heteroatoms. The van der Waals surface area contributed by atoms with E-state index in [1.54, 1.807) is 12.1 Å². The molecule has 0 spiro atoms. The summed E-state index contributed by atoms with van der Waals surface area (Å²) in [5, 5.41) is 15.1. The first-order chi connectivity index (χ1) is 14.0. The van der Waals surface area contributed by atoms with Crippen molar-refractivity contribution in [1.82, 2.24) is 19.2 Å². The number of rotatable bonds is 4. The Bertz CT molecular complexity index is 1290. The van der Waals surface area contributed by atoms with Crippen LogP contribution in [-0.4, -0.2) is 37.2 Å². The first kappa shape index (κ1) is 18.0. The molecule has 0 amide bonds. The number of benzene rings is 2. The van der Waals surface area contributed by atoms with Gasteiger partial charge in [0.25, 0.3) is 11.2 Å². The number of hydrogen-bond acceptors (Lipinski definition) is 7. The molecule has 0 unspecified atom stereocenters. The van der Waals surface area contributed by atoms with Crippen LogP contribution in [0.5, 0.6) is 0 Å². The molecule has 4 rings (SSSR count). The molecule has 0 atom stereocenters. The lowest BCUT2D eigenvalue weighted by Crippen LogP contribution is -2.19. The van der Waals surface area contributed by atoms with E-state index in [1.807, 2.05) is 18.2 Å². The minimum atomic E-state index is -0.813. The molecule has 0 radical (unpaired) electrons. The highest BCUT2D eigenvalue weighted by molar-refractivity contribution is 5.86. The van der Waals surface area contributed by atoms with Crippen LogP contribution < -0.4 is 5.56 Å². The summed E-state index contributed by atoms with van der Waals surface area (Å²) in [6.07, 6.45) is 0. The van der Waals surface area contributed by atoms with Crippen molar-refractivity contribution in [1.29, 1.82) is 0 Å². The van der Waals surface area contributed by atoms with Crippen molar-refractivity contribution in [2.24, 2.45) is 0 Å². The van der Waals surface area contributed by atoms with Gasteiger partial charge in [0.2, 0.25) is 11.6 Å². The fraction of sp³-hybridized carbons (Fsp3) is 0.0526. The van der Waals surface area contributed by atoms with Gasteiger partial charge in [0.05, 0.1) is 23.4 Å². The quantitative estimate of drug-likeness (QED) is 0.297. The topological polar surface area (TPSA) is 122 Å². The molecule has 0 fully saturated rings. The fourth-order valence-electron chi connectivity index (χ4n) is 2.86. The second-order valence-electron chi connectivity index (χ2n) is 5.98. The third kappa shape index (κ3) is 3.12. The Balaban J connectivity index is 2.00. The summed E-state index contributed by atoms with van der Waals surface area (Å²) >= 11 is 0. The molecule has 0 aliphatic carbocycles. The summed E-state index contributed by atoms with van der Waals surface area (Å²) in [4.78, 5) is 39.8. The average molecular weight is 391 g/mol. The van der Waals surface area contributed by atoms with E-state index in [4.69, 9.17) is 4.74 Å². The van der Waals surface area contributed by atoms with Crippen LogP contribution in [0.4, 0.5) is 5.69 Å². The van der Waals surface area contributed by atoms with E-state index in [9.17, 15) is 19.7 Å². The van der Waals surface area contributed by atoms with E-state index >= 15 is 0 Å². The molecule has 0 N–H and O–H groups in total. The van der Waals surface area contributed by atoms with E-state index in [2.05, 4.69) is 10.1 Å². The van der Waals surface area contributed by atoms with E-state index in [-0.39, 0.29) is 17.3 Å². The van der Waals surface area contributed by atoms with Crippen LogP contribution in [0.1, 0.15) is 10.6 Å². The zero-order valence-electron chi connectivity index (χ0n) is 15.1. The SMILES string of the molecule is COC(=O)c1nn(-c2ccc([N+](=O)[O-])cc2)c2nc(-c3ccccc3)cc(=O)n12. The lowest BCUT2D eigenvalue weighted by Gasteiger charge is -2.04. The Morgan fingerprint density at radius 3 is 2.41 bits per heavy atom. The van der Waals surface area contributed by atoms with E-state index in [0.717, 1.165) is 4.40 Å². The number of aromatic nitrogens is 4. The number of carbonyl (C=O) groups is 1. The van der Waals surface area contributed by atoms with E-state index in [1.165, 1.54) is 42.1 Å². The Morgan fingerprint density at radius 2 is 1.79 bits per heavy atom. The van der Waals surface area contributed by atoms with Crippen molar-refractivity contribution in [3.05, 3.63) is 87.0 Å². The number of carbonyl (C=O) groups excluding carboxylic acids is 1. The van der Waals surface area contributed by atoms with E-state index < -0.39 is 16.5 Å². The fourth-order valence-corrected chi connectivity index (χ4v) is 2.86. The van der Waals surface area contributed by atoms with Gasteiger partial charge >= 0.3 is 5.97 Å². The van der Waals surface area contributed by atoms with Gasteiger partial charge in [-0.3, -0.25) is 14.9 Å². The molecule has 10 nitrogen and oxygen atoms in total. The van der Waals surface area contributed by atoms with Crippen LogP contribution in [0.2, 0.25) is 0 Å². The van der Waals surface area contributed by atoms with Crippen molar-refractivity contribution in [3.63, 3.8) is 0 Å². The van der Waals surface area contributed by atoms with E-state index in [0.29, 0.717) is 16.9 Å². The molecule has 0 aliphatic rings. The van der Waals surface area contributed by atoms with Gasteiger partial charge in [-0.25, -0.2) is 14.2 Å². The summed E-state index contributed by atoms with van der Waals surface area (Å²) < 4.78 is 7.03.